The summed E-state index contributed by atoms with van der Waals surface area (Å²) in [5.41, 5.74) is 11.0. The minimum Gasteiger partial charge on any atom is -0.374 e. The number of nitrogens with zero attached hydrogens (tertiary/aromatic N) is 1. The summed E-state index contributed by atoms with van der Waals surface area (Å²) in [5, 5.41) is 3.26. The van der Waals surface area contributed by atoms with E-state index in [1.807, 2.05) is 18.7 Å². The van der Waals surface area contributed by atoms with Crippen LogP contribution in [0.3, 0.4) is 0 Å². The molecule has 2 amide bonds. The van der Waals surface area contributed by atoms with E-state index in [4.69, 9.17) is 5.73 Å². The van der Waals surface area contributed by atoms with Crippen LogP contribution >= 0.6 is 0 Å². The molecule has 0 bridgehead atoms. The summed E-state index contributed by atoms with van der Waals surface area (Å²) in [5.74, 6) is -0.381. The Morgan fingerprint density at radius 3 is 2.28 bits per heavy atom. The number of primary amides is 1. The van der Waals surface area contributed by atoms with Gasteiger partial charge >= 0.3 is 0 Å². The van der Waals surface area contributed by atoms with E-state index in [1.165, 1.54) is 5.56 Å². The number of aryl methyl sites for hydroxylation is 3. The van der Waals surface area contributed by atoms with E-state index in [-0.39, 0.29) is 11.9 Å². The number of anilines is 2. The molecule has 2 aromatic rings. The van der Waals surface area contributed by atoms with Gasteiger partial charge in [-0.05, 0) is 62.6 Å². The van der Waals surface area contributed by atoms with Crippen molar-refractivity contribution in [1.82, 2.24) is 0 Å². The first-order valence-corrected chi connectivity index (χ1v) is 8.42. The molecule has 0 aliphatic carbocycles. The number of nitrogens with one attached hydrogen (secondary N) is 1. The maximum Gasteiger partial charge on any atom is 0.249 e. The van der Waals surface area contributed by atoms with E-state index in [9.17, 15) is 9.59 Å². The van der Waals surface area contributed by atoms with Crippen LogP contribution in [0.5, 0.6) is 0 Å². The Hall–Kier alpha value is -2.82. The molecule has 3 N–H and O–H groups in total. The molecule has 0 aromatic heterocycles. The van der Waals surface area contributed by atoms with E-state index in [0.717, 1.165) is 28.9 Å². The zero-order valence-electron chi connectivity index (χ0n) is 14.8. The van der Waals surface area contributed by atoms with Crippen LogP contribution in [0, 0.1) is 20.8 Å². The highest BCUT2D eigenvalue weighted by Gasteiger charge is 2.33. The summed E-state index contributed by atoms with van der Waals surface area (Å²) in [4.78, 5) is 25.9. The van der Waals surface area contributed by atoms with Crippen LogP contribution < -0.4 is 16.0 Å². The number of nitrogens with two attached hydrogens (primary N) is 1. The second-order valence-electron chi connectivity index (χ2n) is 6.66. The average Bonchev–Trinajstić information content (AvgIpc) is 2.88. The Morgan fingerprint density at radius 1 is 1.12 bits per heavy atom. The SMILES string of the molecule is Cc1cc(C)c(N2CCC(Nc3ccc(C(N)=O)cc3)C2=O)c(C)c1. The number of hydrogen-bond donors (Lipinski definition) is 2. The third-order valence-corrected chi connectivity index (χ3v) is 4.62. The fourth-order valence-corrected chi connectivity index (χ4v) is 3.57. The fraction of sp³-hybridized carbons (Fsp3) is 0.300. The Labute approximate surface area is 147 Å². The Bertz CT molecular complexity index is 804. The van der Waals surface area contributed by atoms with Crippen LogP contribution in [0.4, 0.5) is 11.4 Å². The van der Waals surface area contributed by atoms with Gasteiger partial charge in [-0.25, -0.2) is 0 Å². The molecule has 1 fully saturated rings. The molecule has 25 heavy (non-hydrogen) atoms. The molecular weight excluding hydrogens is 314 g/mol. The predicted octanol–water partition coefficient (Wildman–Crippen LogP) is 2.93. The Morgan fingerprint density at radius 2 is 1.72 bits per heavy atom. The minimum absolute atomic E-state index is 0.0778. The van der Waals surface area contributed by atoms with E-state index in [0.29, 0.717) is 12.1 Å². The van der Waals surface area contributed by atoms with E-state index >= 15 is 0 Å². The molecule has 5 nitrogen and oxygen atoms in total. The van der Waals surface area contributed by atoms with Crippen LogP contribution in [-0.4, -0.2) is 24.4 Å². The fourth-order valence-electron chi connectivity index (χ4n) is 3.57. The first-order chi connectivity index (χ1) is 11.9. The van der Waals surface area contributed by atoms with Gasteiger partial charge in [-0.1, -0.05) is 17.7 Å². The molecule has 0 saturated carbocycles. The molecule has 2 aromatic carbocycles. The van der Waals surface area contributed by atoms with Crippen LogP contribution in [0.25, 0.3) is 0 Å². The largest absolute Gasteiger partial charge is 0.374 e. The summed E-state index contributed by atoms with van der Waals surface area (Å²) in [7, 11) is 0. The van der Waals surface area contributed by atoms with Gasteiger partial charge in [-0.2, -0.15) is 0 Å². The number of hydrogen-bond acceptors (Lipinski definition) is 3. The lowest BCUT2D eigenvalue weighted by Crippen LogP contribution is -2.34. The molecule has 1 unspecified atom stereocenters. The minimum atomic E-state index is -0.458. The zero-order valence-corrected chi connectivity index (χ0v) is 14.8. The lowest BCUT2D eigenvalue weighted by molar-refractivity contribution is -0.117. The van der Waals surface area contributed by atoms with Crippen molar-refractivity contribution >= 4 is 23.2 Å². The summed E-state index contributed by atoms with van der Waals surface area (Å²) in [6, 6.07) is 10.8. The Kier molecular flexibility index (Phi) is 4.49. The standard InChI is InChI=1S/C20H23N3O2/c1-12-10-13(2)18(14(3)11-12)23-9-8-17(20(23)25)22-16-6-4-15(5-7-16)19(21)24/h4-7,10-11,17,22H,8-9H2,1-3H3,(H2,21,24). The Balaban J connectivity index is 1.77. The maximum atomic E-state index is 12.9. The van der Waals surface area contributed by atoms with Gasteiger partial charge in [-0.15, -0.1) is 0 Å². The van der Waals surface area contributed by atoms with Crippen LogP contribution in [0.15, 0.2) is 36.4 Å². The smallest absolute Gasteiger partial charge is 0.249 e. The number of carbonyl (C=O) groups excluding carboxylic acids is 2. The maximum absolute atomic E-state index is 12.9. The van der Waals surface area contributed by atoms with Crippen LogP contribution in [-0.2, 0) is 4.79 Å². The molecule has 1 aliphatic heterocycles. The number of carbonyl (C=O) groups is 2. The topological polar surface area (TPSA) is 75.4 Å². The lowest BCUT2D eigenvalue weighted by atomic mass is 10.0. The summed E-state index contributed by atoms with van der Waals surface area (Å²) < 4.78 is 0. The van der Waals surface area contributed by atoms with Gasteiger partial charge in [0.2, 0.25) is 11.8 Å². The highest BCUT2D eigenvalue weighted by Crippen LogP contribution is 2.30. The number of amides is 2. The van der Waals surface area contributed by atoms with Crippen LogP contribution in [0.2, 0.25) is 0 Å². The monoisotopic (exact) mass is 337 g/mol. The lowest BCUT2D eigenvalue weighted by Gasteiger charge is -2.22. The number of rotatable bonds is 4. The quantitative estimate of drug-likeness (QED) is 0.901. The molecule has 1 aliphatic rings. The molecule has 5 heteroatoms. The van der Waals surface area contributed by atoms with Crippen molar-refractivity contribution in [1.29, 1.82) is 0 Å². The molecule has 1 heterocycles. The third-order valence-electron chi connectivity index (χ3n) is 4.62. The van der Waals surface area contributed by atoms with Gasteiger partial charge in [0.05, 0.1) is 0 Å². The molecule has 1 atom stereocenters. The average molecular weight is 337 g/mol. The van der Waals surface area contributed by atoms with Crippen molar-refractivity contribution in [2.75, 3.05) is 16.8 Å². The van der Waals surface area contributed by atoms with Crippen molar-refractivity contribution < 1.29 is 9.59 Å². The zero-order chi connectivity index (χ0) is 18.1. The van der Waals surface area contributed by atoms with E-state index < -0.39 is 5.91 Å². The van der Waals surface area contributed by atoms with Gasteiger partial charge in [0.1, 0.15) is 6.04 Å². The normalized spacial score (nSPS) is 17.0. The summed E-state index contributed by atoms with van der Waals surface area (Å²) in [6.07, 6.45) is 0.739. The van der Waals surface area contributed by atoms with E-state index in [2.05, 4.69) is 24.4 Å². The predicted molar refractivity (Wildman–Crippen MR) is 100.0 cm³/mol. The van der Waals surface area contributed by atoms with Gasteiger partial charge < -0.3 is 16.0 Å². The first kappa shape index (κ1) is 17.0. The van der Waals surface area contributed by atoms with Gasteiger partial charge in [0.15, 0.2) is 0 Å². The van der Waals surface area contributed by atoms with Crippen molar-refractivity contribution in [3.63, 3.8) is 0 Å². The molecule has 3 rings (SSSR count). The van der Waals surface area contributed by atoms with Crippen molar-refractivity contribution in [3.05, 3.63) is 58.7 Å². The molecule has 1 saturated heterocycles. The van der Waals surface area contributed by atoms with Gasteiger partial charge in [-0.3, -0.25) is 9.59 Å². The van der Waals surface area contributed by atoms with Crippen LogP contribution in [0.1, 0.15) is 33.5 Å². The van der Waals surface area contributed by atoms with Gasteiger partial charge in [0, 0.05) is 23.5 Å². The number of benzene rings is 2. The molecule has 130 valence electrons. The third kappa shape index (κ3) is 3.36. The second-order valence-corrected chi connectivity index (χ2v) is 6.66. The molecule has 0 radical (unpaired) electrons. The van der Waals surface area contributed by atoms with Crippen molar-refractivity contribution in [2.45, 2.75) is 33.2 Å². The molecule has 0 spiro atoms. The highest BCUT2D eigenvalue weighted by molar-refractivity contribution is 6.02. The summed E-state index contributed by atoms with van der Waals surface area (Å²) in [6.45, 7) is 6.86. The second kappa shape index (κ2) is 6.59. The van der Waals surface area contributed by atoms with Crippen molar-refractivity contribution in [2.24, 2.45) is 5.73 Å². The highest BCUT2D eigenvalue weighted by atomic mass is 16.2. The summed E-state index contributed by atoms with van der Waals surface area (Å²) >= 11 is 0. The van der Waals surface area contributed by atoms with Crippen molar-refractivity contribution in [3.8, 4) is 0 Å². The molecular formula is C20H23N3O2. The first-order valence-electron chi connectivity index (χ1n) is 8.42. The van der Waals surface area contributed by atoms with E-state index in [1.54, 1.807) is 24.3 Å². The van der Waals surface area contributed by atoms with Gasteiger partial charge in [0.25, 0.3) is 0 Å².